The molecule has 1 fully saturated rings. The van der Waals surface area contributed by atoms with E-state index in [9.17, 15) is 9.59 Å². The van der Waals surface area contributed by atoms with Gasteiger partial charge in [0, 0.05) is 41.5 Å². The molecule has 30 heavy (non-hydrogen) atoms. The number of aromatic nitrogens is 3. The summed E-state index contributed by atoms with van der Waals surface area (Å²) in [5, 5.41) is 8.64. The molecule has 1 aromatic carbocycles. The Labute approximate surface area is 183 Å². The predicted molar refractivity (Wildman–Crippen MR) is 119 cm³/mol. The zero-order valence-electron chi connectivity index (χ0n) is 16.5. The molecule has 0 aliphatic heterocycles. The summed E-state index contributed by atoms with van der Waals surface area (Å²) in [4.78, 5) is 33.9. The van der Waals surface area contributed by atoms with Crippen molar-refractivity contribution in [3.8, 4) is 11.4 Å². The maximum absolute atomic E-state index is 12.8. The topological polar surface area (TPSA) is 96.9 Å². The quantitative estimate of drug-likeness (QED) is 0.540. The molecule has 2 N–H and O–H groups in total. The molecule has 4 rings (SSSR count). The summed E-state index contributed by atoms with van der Waals surface area (Å²) in [5.74, 6) is 0.405. The molecular formula is C21H23N5O2S2. The third-order valence-electron chi connectivity index (χ3n) is 5.37. The Hall–Kier alpha value is -2.65. The molecule has 0 bridgehead atoms. The molecule has 0 saturated heterocycles. The van der Waals surface area contributed by atoms with Gasteiger partial charge in [-0.05, 0) is 18.3 Å². The van der Waals surface area contributed by atoms with E-state index in [4.69, 9.17) is 0 Å². The van der Waals surface area contributed by atoms with Gasteiger partial charge in [-0.1, -0.05) is 49.6 Å². The van der Waals surface area contributed by atoms with E-state index in [0.717, 1.165) is 37.7 Å². The minimum atomic E-state index is -0.323. The Morgan fingerprint density at radius 2 is 1.67 bits per heavy atom. The summed E-state index contributed by atoms with van der Waals surface area (Å²) in [5.41, 5.74) is 0.591. The van der Waals surface area contributed by atoms with Gasteiger partial charge in [-0.25, -0.2) is 4.98 Å². The number of nitrogens with one attached hydrogen (secondary N) is 2. The molecule has 0 spiro atoms. The number of carbonyl (C=O) groups is 2. The minimum absolute atomic E-state index is 0.0815. The second-order valence-corrected chi connectivity index (χ2v) is 9.28. The zero-order valence-corrected chi connectivity index (χ0v) is 18.1. The maximum Gasteiger partial charge on any atom is 0.226 e. The Morgan fingerprint density at radius 1 is 0.967 bits per heavy atom. The molecule has 0 radical (unpaired) electrons. The largest absolute Gasteiger partial charge is 0.302 e. The molecule has 1 aliphatic carbocycles. The number of carbonyl (C=O) groups excluding carboxylic acids is 2. The third kappa shape index (κ3) is 5.28. The van der Waals surface area contributed by atoms with Crippen LogP contribution in [0.15, 0.2) is 41.9 Å². The van der Waals surface area contributed by atoms with Gasteiger partial charge in [-0.3, -0.25) is 9.59 Å². The lowest BCUT2D eigenvalue weighted by Crippen LogP contribution is -2.34. The van der Waals surface area contributed by atoms with Crippen molar-refractivity contribution < 1.29 is 9.59 Å². The average molecular weight is 442 g/mol. The molecule has 7 nitrogen and oxygen atoms in total. The molecule has 2 amide bonds. The number of nitrogens with zero attached hydrogens (tertiary/aromatic N) is 3. The van der Waals surface area contributed by atoms with Crippen LogP contribution in [-0.2, 0) is 9.59 Å². The van der Waals surface area contributed by atoms with E-state index in [0.29, 0.717) is 28.9 Å². The van der Waals surface area contributed by atoms with E-state index >= 15 is 0 Å². The normalized spacial score (nSPS) is 15.5. The summed E-state index contributed by atoms with van der Waals surface area (Å²) in [6, 6.07) is 9.67. The van der Waals surface area contributed by atoms with E-state index in [1.54, 1.807) is 6.20 Å². The summed E-state index contributed by atoms with van der Waals surface area (Å²) in [7, 11) is 0. The van der Waals surface area contributed by atoms with Crippen LogP contribution in [0.3, 0.4) is 0 Å². The molecule has 2 aromatic heterocycles. The van der Waals surface area contributed by atoms with Crippen molar-refractivity contribution >= 4 is 44.9 Å². The molecule has 0 atom stereocenters. The lowest BCUT2D eigenvalue weighted by molar-refractivity contribution is -0.122. The van der Waals surface area contributed by atoms with E-state index in [2.05, 4.69) is 25.0 Å². The highest BCUT2D eigenvalue weighted by molar-refractivity contribution is 7.13. The van der Waals surface area contributed by atoms with Gasteiger partial charge in [0.15, 0.2) is 11.0 Å². The van der Waals surface area contributed by atoms with Gasteiger partial charge >= 0.3 is 0 Å². The lowest BCUT2D eigenvalue weighted by atomic mass is 9.69. The van der Waals surface area contributed by atoms with Gasteiger partial charge in [0.2, 0.25) is 16.9 Å². The van der Waals surface area contributed by atoms with Crippen LogP contribution >= 0.6 is 22.9 Å². The molecule has 1 aliphatic rings. The predicted octanol–water partition coefficient (Wildman–Crippen LogP) is 4.97. The first kappa shape index (κ1) is 20.6. The molecule has 1 saturated carbocycles. The molecule has 0 unspecified atom stereocenters. The first-order valence-electron chi connectivity index (χ1n) is 10.0. The summed E-state index contributed by atoms with van der Waals surface area (Å²) < 4.78 is 4.34. The van der Waals surface area contributed by atoms with Crippen molar-refractivity contribution in [2.75, 3.05) is 10.6 Å². The van der Waals surface area contributed by atoms with Crippen LogP contribution in [0.4, 0.5) is 10.3 Å². The number of thiazole rings is 1. The standard InChI is InChI=1S/C21H23N5O2S2/c27-16(23-19-22-11-12-29-19)13-21(9-5-2-6-10-21)14-17(28)24-20-25-18(26-30-20)15-7-3-1-4-8-15/h1,3-4,7-8,11-12H,2,5-6,9-10,13-14H2,(H,22,23,27)(H,24,25,26,28). The maximum atomic E-state index is 12.8. The third-order valence-corrected chi connectivity index (χ3v) is 6.69. The van der Waals surface area contributed by atoms with Gasteiger partial charge in [0.25, 0.3) is 0 Å². The highest BCUT2D eigenvalue weighted by Crippen LogP contribution is 2.43. The van der Waals surface area contributed by atoms with Crippen LogP contribution in [0.25, 0.3) is 11.4 Å². The van der Waals surface area contributed by atoms with E-state index in [1.165, 1.54) is 22.9 Å². The molecular weight excluding hydrogens is 418 g/mol. The highest BCUT2D eigenvalue weighted by atomic mass is 32.1. The van der Waals surface area contributed by atoms with E-state index in [1.807, 2.05) is 35.7 Å². The fraction of sp³-hybridized carbons (Fsp3) is 0.381. The van der Waals surface area contributed by atoms with Crippen LogP contribution in [0.1, 0.15) is 44.9 Å². The Balaban J connectivity index is 1.39. The molecule has 2 heterocycles. The monoisotopic (exact) mass is 441 g/mol. The van der Waals surface area contributed by atoms with Crippen LogP contribution < -0.4 is 10.6 Å². The number of hydrogen-bond acceptors (Lipinski definition) is 7. The second kappa shape index (κ2) is 9.44. The summed E-state index contributed by atoms with van der Waals surface area (Å²) in [6.07, 6.45) is 7.26. The average Bonchev–Trinajstić information content (AvgIpc) is 3.41. The Kier molecular flexibility index (Phi) is 6.49. The van der Waals surface area contributed by atoms with Gasteiger partial charge < -0.3 is 10.6 Å². The summed E-state index contributed by atoms with van der Waals surface area (Å²) >= 11 is 2.56. The van der Waals surface area contributed by atoms with Crippen molar-refractivity contribution in [1.29, 1.82) is 0 Å². The number of rotatable bonds is 7. The van der Waals surface area contributed by atoms with E-state index < -0.39 is 0 Å². The molecule has 156 valence electrons. The van der Waals surface area contributed by atoms with Gasteiger partial charge in [-0.15, -0.1) is 11.3 Å². The lowest BCUT2D eigenvalue weighted by Gasteiger charge is -2.36. The first-order chi connectivity index (χ1) is 14.6. The van der Waals surface area contributed by atoms with Crippen molar-refractivity contribution in [2.45, 2.75) is 44.9 Å². The summed E-state index contributed by atoms with van der Waals surface area (Å²) in [6.45, 7) is 0. The minimum Gasteiger partial charge on any atom is -0.302 e. The fourth-order valence-electron chi connectivity index (χ4n) is 3.99. The van der Waals surface area contributed by atoms with Gasteiger partial charge in [-0.2, -0.15) is 9.36 Å². The van der Waals surface area contributed by atoms with Crippen molar-refractivity contribution in [3.05, 3.63) is 41.9 Å². The highest BCUT2D eigenvalue weighted by Gasteiger charge is 2.36. The zero-order chi connectivity index (χ0) is 20.8. The van der Waals surface area contributed by atoms with Gasteiger partial charge in [0.1, 0.15) is 0 Å². The first-order valence-corrected chi connectivity index (χ1v) is 11.7. The Bertz CT molecular complexity index is 982. The van der Waals surface area contributed by atoms with E-state index in [-0.39, 0.29) is 17.2 Å². The number of benzene rings is 1. The van der Waals surface area contributed by atoms with Crippen molar-refractivity contribution in [3.63, 3.8) is 0 Å². The van der Waals surface area contributed by atoms with Gasteiger partial charge in [0.05, 0.1) is 0 Å². The fourth-order valence-corrected chi connectivity index (χ4v) is 5.14. The Morgan fingerprint density at radius 3 is 2.33 bits per heavy atom. The smallest absolute Gasteiger partial charge is 0.226 e. The number of amides is 2. The molecule has 9 heteroatoms. The van der Waals surface area contributed by atoms with Crippen LogP contribution in [-0.4, -0.2) is 26.2 Å². The number of anilines is 2. The van der Waals surface area contributed by atoms with Crippen LogP contribution in [0.2, 0.25) is 0 Å². The van der Waals surface area contributed by atoms with Crippen molar-refractivity contribution in [1.82, 2.24) is 14.3 Å². The van der Waals surface area contributed by atoms with Crippen molar-refractivity contribution in [2.24, 2.45) is 5.41 Å². The number of hydrogen-bond donors (Lipinski definition) is 2. The SMILES string of the molecule is O=C(CC1(CC(=O)Nc2nc(-c3ccccc3)ns2)CCCCC1)Nc1nccs1. The van der Waals surface area contributed by atoms with Crippen LogP contribution in [0.5, 0.6) is 0 Å². The second-order valence-electron chi connectivity index (χ2n) is 7.64. The van der Waals surface area contributed by atoms with Crippen LogP contribution in [0, 0.1) is 5.41 Å². The molecule has 3 aromatic rings.